The van der Waals surface area contributed by atoms with Crippen molar-refractivity contribution in [2.45, 2.75) is 26.4 Å². The summed E-state index contributed by atoms with van der Waals surface area (Å²) in [7, 11) is 0. The van der Waals surface area contributed by atoms with Gasteiger partial charge in [-0.25, -0.2) is 9.59 Å². The highest BCUT2D eigenvalue weighted by molar-refractivity contribution is 5.82. The van der Waals surface area contributed by atoms with Crippen molar-refractivity contribution >= 4 is 12.0 Å². The molecular formula is C12H17N3O3. The number of carbonyl (C=O) groups excluding carboxylic acids is 1. The van der Waals surface area contributed by atoms with Gasteiger partial charge >= 0.3 is 12.0 Å². The van der Waals surface area contributed by atoms with Crippen molar-refractivity contribution in [3.63, 3.8) is 0 Å². The van der Waals surface area contributed by atoms with Crippen LogP contribution in [-0.2, 0) is 11.3 Å². The minimum atomic E-state index is -1.04. The highest BCUT2D eigenvalue weighted by Gasteiger charge is 2.22. The summed E-state index contributed by atoms with van der Waals surface area (Å²) in [6.07, 6.45) is 3.28. The van der Waals surface area contributed by atoms with Gasteiger partial charge in [-0.15, -0.1) is 0 Å². The number of rotatable bonds is 5. The largest absolute Gasteiger partial charge is 0.480 e. The normalized spacial score (nSPS) is 11.9. The van der Waals surface area contributed by atoms with Crippen LogP contribution in [-0.4, -0.2) is 28.1 Å². The number of nitrogens with zero attached hydrogens (tertiary/aromatic N) is 1. The first-order valence-corrected chi connectivity index (χ1v) is 5.66. The number of urea groups is 1. The van der Waals surface area contributed by atoms with Gasteiger partial charge in [-0.2, -0.15) is 0 Å². The second-order valence-corrected chi connectivity index (χ2v) is 4.25. The highest BCUT2D eigenvalue weighted by Crippen LogP contribution is 2.01. The van der Waals surface area contributed by atoms with Crippen LogP contribution in [0.4, 0.5) is 4.79 Å². The van der Waals surface area contributed by atoms with E-state index in [1.165, 1.54) is 0 Å². The fourth-order valence-electron chi connectivity index (χ4n) is 1.39. The van der Waals surface area contributed by atoms with E-state index in [1.54, 1.807) is 32.3 Å². The summed E-state index contributed by atoms with van der Waals surface area (Å²) in [5.41, 5.74) is 0.851. The molecule has 0 fully saturated rings. The van der Waals surface area contributed by atoms with E-state index in [1.807, 2.05) is 6.07 Å². The third kappa shape index (κ3) is 4.40. The lowest BCUT2D eigenvalue weighted by Gasteiger charge is -2.18. The van der Waals surface area contributed by atoms with E-state index >= 15 is 0 Å². The zero-order valence-electron chi connectivity index (χ0n) is 10.4. The maximum Gasteiger partial charge on any atom is 0.326 e. The Balaban J connectivity index is 2.44. The Morgan fingerprint density at radius 2 is 2.17 bits per heavy atom. The Morgan fingerprint density at radius 3 is 2.67 bits per heavy atom. The molecule has 1 aromatic rings. The van der Waals surface area contributed by atoms with Crippen molar-refractivity contribution in [2.24, 2.45) is 5.92 Å². The third-order valence-corrected chi connectivity index (χ3v) is 2.40. The van der Waals surface area contributed by atoms with Crippen molar-refractivity contribution < 1.29 is 14.7 Å². The maximum atomic E-state index is 11.5. The topological polar surface area (TPSA) is 91.3 Å². The van der Waals surface area contributed by atoms with E-state index in [-0.39, 0.29) is 5.92 Å². The van der Waals surface area contributed by atoms with Gasteiger partial charge in [-0.1, -0.05) is 19.9 Å². The van der Waals surface area contributed by atoms with Gasteiger partial charge in [0.2, 0.25) is 0 Å². The van der Waals surface area contributed by atoms with Crippen molar-refractivity contribution in [1.82, 2.24) is 15.6 Å². The van der Waals surface area contributed by atoms with Crippen LogP contribution in [0.15, 0.2) is 24.5 Å². The average molecular weight is 251 g/mol. The van der Waals surface area contributed by atoms with Gasteiger partial charge in [0.25, 0.3) is 0 Å². The molecule has 0 aliphatic rings. The molecule has 0 bridgehead atoms. The molecule has 0 radical (unpaired) electrons. The second kappa shape index (κ2) is 6.58. The van der Waals surface area contributed by atoms with Crippen LogP contribution in [0.25, 0.3) is 0 Å². The summed E-state index contributed by atoms with van der Waals surface area (Å²) in [6.45, 7) is 3.78. The average Bonchev–Trinajstić information content (AvgIpc) is 2.34. The summed E-state index contributed by atoms with van der Waals surface area (Å²) in [5, 5.41) is 13.9. The first kappa shape index (κ1) is 14.0. The van der Waals surface area contributed by atoms with E-state index in [4.69, 9.17) is 5.11 Å². The van der Waals surface area contributed by atoms with Crippen LogP contribution in [0.2, 0.25) is 0 Å². The summed E-state index contributed by atoms with van der Waals surface area (Å²) in [6, 6.07) is 2.20. The molecule has 18 heavy (non-hydrogen) atoms. The van der Waals surface area contributed by atoms with Crippen LogP contribution >= 0.6 is 0 Å². The predicted molar refractivity (Wildman–Crippen MR) is 65.9 cm³/mol. The van der Waals surface area contributed by atoms with Gasteiger partial charge in [0.1, 0.15) is 6.04 Å². The van der Waals surface area contributed by atoms with Crippen LogP contribution in [0, 0.1) is 5.92 Å². The first-order chi connectivity index (χ1) is 8.50. The highest BCUT2D eigenvalue weighted by atomic mass is 16.4. The quantitative estimate of drug-likeness (QED) is 0.727. The number of amides is 2. The van der Waals surface area contributed by atoms with Gasteiger partial charge in [0.15, 0.2) is 0 Å². The minimum absolute atomic E-state index is 0.174. The molecule has 98 valence electrons. The number of aliphatic carboxylic acids is 1. The molecule has 1 rings (SSSR count). The Labute approximate surface area is 105 Å². The number of carboxylic acids is 1. The number of hydrogen-bond acceptors (Lipinski definition) is 3. The first-order valence-electron chi connectivity index (χ1n) is 5.66. The lowest BCUT2D eigenvalue weighted by molar-refractivity contribution is -0.140. The SMILES string of the molecule is CC(C)[C@@H](NC(=O)NCc1cccnc1)C(=O)O. The van der Waals surface area contributed by atoms with Gasteiger partial charge in [0.05, 0.1) is 0 Å². The Hall–Kier alpha value is -2.11. The molecule has 0 saturated carbocycles. The smallest absolute Gasteiger partial charge is 0.326 e. The molecular weight excluding hydrogens is 234 g/mol. The molecule has 3 N–H and O–H groups in total. The molecule has 0 unspecified atom stereocenters. The second-order valence-electron chi connectivity index (χ2n) is 4.25. The minimum Gasteiger partial charge on any atom is -0.480 e. The van der Waals surface area contributed by atoms with E-state index < -0.39 is 18.0 Å². The Morgan fingerprint density at radius 1 is 1.44 bits per heavy atom. The number of pyridine rings is 1. The van der Waals surface area contributed by atoms with Crippen molar-refractivity contribution in [3.05, 3.63) is 30.1 Å². The standard InChI is InChI=1S/C12H17N3O3/c1-8(2)10(11(16)17)15-12(18)14-7-9-4-3-5-13-6-9/h3-6,8,10H,7H2,1-2H3,(H,16,17)(H2,14,15,18)/t10-/m1/s1. The number of carbonyl (C=O) groups is 2. The Bertz CT molecular complexity index is 406. The molecule has 1 atom stereocenters. The zero-order chi connectivity index (χ0) is 13.5. The van der Waals surface area contributed by atoms with Crippen LogP contribution < -0.4 is 10.6 Å². The molecule has 0 spiro atoms. The van der Waals surface area contributed by atoms with Gasteiger partial charge in [-0.3, -0.25) is 4.98 Å². The van der Waals surface area contributed by atoms with E-state index in [9.17, 15) is 9.59 Å². The van der Waals surface area contributed by atoms with Gasteiger partial charge in [0, 0.05) is 18.9 Å². The van der Waals surface area contributed by atoms with Crippen LogP contribution in [0.1, 0.15) is 19.4 Å². The molecule has 0 aliphatic heterocycles. The number of carboxylic acid groups (broad SMARTS) is 1. The fraction of sp³-hybridized carbons (Fsp3) is 0.417. The summed E-state index contributed by atoms with van der Waals surface area (Å²) in [5.74, 6) is -1.21. The van der Waals surface area contributed by atoms with Crippen LogP contribution in [0.5, 0.6) is 0 Å². The summed E-state index contributed by atoms with van der Waals surface area (Å²) < 4.78 is 0. The lowest BCUT2D eigenvalue weighted by Crippen LogP contribution is -2.48. The van der Waals surface area contributed by atoms with Gasteiger partial charge in [-0.05, 0) is 17.5 Å². The molecule has 6 heteroatoms. The van der Waals surface area contributed by atoms with Crippen molar-refractivity contribution in [3.8, 4) is 0 Å². The molecule has 2 amide bonds. The Kier molecular flexibility index (Phi) is 5.10. The third-order valence-electron chi connectivity index (χ3n) is 2.40. The number of aromatic nitrogens is 1. The summed E-state index contributed by atoms with van der Waals surface area (Å²) >= 11 is 0. The molecule has 1 aromatic heterocycles. The van der Waals surface area contributed by atoms with Crippen molar-refractivity contribution in [2.75, 3.05) is 0 Å². The number of hydrogen-bond donors (Lipinski definition) is 3. The van der Waals surface area contributed by atoms with E-state index in [2.05, 4.69) is 15.6 Å². The van der Waals surface area contributed by atoms with Crippen molar-refractivity contribution in [1.29, 1.82) is 0 Å². The molecule has 0 saturated heterocycles. The van der Waals surface area contributed by atoms with E-state index in [0.29, 0.717) is 6.54 Å². The lowest BCUT2D eigenvalue weighted by atomic mass is 10.1. The summed E-state index contributed by atoms with van der Waals surface area (Å²) in [4.78, 5) is 26.3. The number of nitrogens with one attached hydrogen (secondary N) is 2. The fourth-order valence-corrected chi connectivity index (χ4v) is 1.39. The van der Waals surface area contributed by atoms with E-state index in [0.717, 1.165) is 5.56 Å². The molecule has 6 nitrogen and oxygen atoms in total. The maximum absolute atomic E-state index is 11.5. The molecule has 0 aliphatic carbocycles. The monoisotopic (exact) mass is 251 g/mol. The van der Waals surface area contributed by atoms with Gasteiger partial charge < -0.3 is 15.7 Å². The molecule has 0 aromatic carbocycles. The molecule has 1 heterocycles. The zero-order valence-corrected chi connectivity index (χ0v) is 10.4. The predicted octanol–water partition coefficient (Wildman–Crippen LogP) is 0.990. The van der Waals surface area contributed by atoms with Crippen LogP contribution in [0.3, 0.4) is 0 Å².